The Bertz CT molecular complexity index is 985. The topological polar surface area (TPSA) is 145 Å². The molecule has 2 N–H and O–H groups in total. The van der Waals surface area contributed by atoms with Gasteiger partial charge >= 0.3 is 11.7 Å². The maximum absolute atomic E-state index is 11.6. The van der Waals surface area contributed by atoms with Crippen LogP contribution in [0.5, 0.6) is 0 Å². The molecule has 0 bridgehead atoms. The van der Waals surface area contributed by atoms with Crippen LogP contribution in [-0.2, 0) is 4.74 Å². The average Bonchev–Trinajstić information content (AvgIpc) is 3.06. The Hall–Kier alpha value is -4.02. The SMILES string of the molecule is COC(=O)c1ccc(Nc2ncnc(Nc3cc(C)on3)c2[N+](=O)[O-])cc1. The minimum atomic E-state index is -0.611. The molecule has 11 heteroatoms. The Labute approximate surface area is 152 Å². The van der Waals surface area contributed by atoms with E-state index in [0.29, 0.717) is 17.0 Å². The first-order valence-electron chi connectivity index (χ1n) is 7.63. The highest BCUT2D eigenvalue weighted by Crippen LogP contribution is 2.32. The lowest BCUT2D eigenvalue weighted by atomic mass is 10.2. The highest BCUT2D eigenvalue weighted by atomic mass is 16.6. The van der Waals surface area contributed by atoms with Gasteiger partial charge < -0.3 is 19.9 Å². The Morgan fingerprint density at radius 2 is 1.85 bits per heavy atom. The number of aromatic nitrogens is 3. The number of ether oxygens (including phenoxy) is 1. The molecule has 0 amide bonds. The van der Waals surface area contributed by atoms with E-state index >= 15 is 0 Å². The van der Waals surface area contributed by atoms with Gasteiger partial charge in [0.2, 0.25) is 11.6 Å². The Balaban J connectivity index is 1.89. The normalized spacial score (nSPS) is 10.3. The third-order valence-corrected chi connectivity index (χ3v) is 3.45. The quantitative estimate of drug-likeness (QED) is 0.377. The number of aryl methyl sites for hydroxylation is 1. The predicted molar refractivity (Wildman–Crippen MR) is 94.3 cm³/mol. The van der Waals surface area contributed by atoms with Gasteiger partial charge in [-0.2, -0.15) is 0 Å². The zero-order valence-electron chi connectivity index (χ0n) is 14.3. The van der Waals surface area contributed by atoms with Crippen molar-refractivity contribution in [3.8, 4) is 0 Å². The molecule has 0 fully saturated rings. The van der Waals surface area contributed by atoms with Crippen LogP contribution in [-0.4, -0.2) is 33.1 Å². The highest BCUT2D eigenvalue weighted by Gasteiger charge is 2.24. The molecule has 0 aliphatic carbocycles. The van der Waals surface area contributed by atoms with Gasteiger partial charge in [0.1, 0.15) is 12.1 Å². The molecule has 2 aromatic heterocycles. The van der Waals surface area contributed by atoms with E-state index < -0.39 is 10.9 Å². The fourth-order valence-electron chi connectivity index (χ4n) is 2.23. The first-order valence-corrected chi connectivity index (χ1v) is 7.63. The molecule has 1 aromatic carbocycles. The van der Waals surface area contributed by atoms with Crippen molar-refractivity contribution >= 4 is 34.8 Å². The van der Waals surface area contributed by atoms with E-state index in [1.165, 1.54) is 25.6 Å². The lowest BCUT2D eigenvalue weighted by molar-refractivity contribution is -0.383. The van der Waals surface area contributed by atoms with Gasteiger partial charge in [0, 0.05) is 11.8 Å². The number of carbonyl (C=O) groups excluding carboxylic acids is 1. The zero-order valence-corrected chi connectivity index (χ0v) is 14.3. The maximum Gasteiger partial charge on any atom is 0.353 e. The van der Waals surface area contributed by atoms with Gasteiger partial charge in [-0.3, -0.25) is 10.1 Å². The number of anilines is 4. The summed E-state index contributed by atoms with van der Waals surface area (Å²) in [7, 11) is 1.28. The van der Waals surface area contributed by atoms with E-state index in [1.807, 2.05) is 0 Å². The summed E-state index contributed by atoms with van der Waals surface area (Å²) in [6.45, 7) is 1.69. The summed E-state index contributed by atoms with van der Waals surface area (Å²) in [5.41, 5.74) is 0.479. The molecule has 3 aromatic rings. The molecule has 0 aliphatic heterocycles. The smallest absolute Gasteiger partial charge is 0.353 e. The molecule has 2 heterocycles. The van der Waals surface area contributed by atoms with Gasteiger partial charge in [-0.1, -0.05) is 5.16 Å². The van der Waals surface area contributed by atoms with Gasteiger partial charge in [0.05, 0.1) is 17.6 Å². The summed E-state index contributed by atoms with van der Waals surface area (Å²) in [4.78, 5) is 30.3. The Morgan fingerprint density at radius 3 is 2.41 bits per heavy atom. The number of rotatable bonds is 6. The number of nitro groups is 1. The summed E-state index contributed by atoms with van der Waals surface area (Å²) < 4.78 is 9.55. The zero-order chi connectivity index (χ0) is 19.4. The van der Waals surface area contributed by atoms with E-state index in [4.69, 9.17) is 4.52 Å². The van der Waals surface area contributed by atoms with Crippen LogP contribution in [0, 0.1) is 17.0 Å². The fourth-order valence-corrected chi connectivity index (χ4v) is 2.23. The molecule has 0 saturated heterocycles. The molecule has 0 saturated carbocycles. The molecule has 3 rings (SSSR count). The van der Waals surface area contributed by atoms with E-state index in [0.717, 1.165) is 0 Å². The number of esters is 1. The second-order valence-electron chi connectivity index (χ2n) is 5.32. The fraction of sp³-hybridized carbons (Fsp3) is 0.125. The first-order chi connectivity index (χ1) is 13.0. The number of methoxy groups -OCH3 is 1. The molecular formula is C16H14N6O5. The van der Waals surface area contributed by atoms with E-state index in [-0.39, 0.29) is 23.1 Å². The highest BCUT2D eigenvalue weighted by molar-refractivity contribution is 5.90. The van der Waals surface area contributed by atoms with Crippen LogP contribution in [0.2, 0.25) is 0 Å². The Kier molecular flexibility index (Phi) is 4.92. The number of hydrogen-bond donors (Lipinski definition) is 2. The van der Waals surface area contributed by atoms with Crippen molar-refractivity contribution in [1.29, 1.82) is 0 Å². The maximum atomic E-state index is 11.6. The summed E-state index contributed by atoms with van der Waals surface area (Å²) in [6.07, 6.45) is 1.17. The van der Waals surface area contributed by atoms with Crippen LogP contribution in [0.15, 0.2) is 41.2 Å². The van der Waals surface area contributed by atoms with Gasteiger partial charge in [0.15, 0.2) is 5.82 Å². The number of carbonyl (C=O) groups is 1. The van der Waals surface area contributed by atoms with E-state index in [9.17, 15) is 14.9 Å². The predicted octanol–water partition coefficient (Wildman–Crippen LogP) is 2.96. The lowest BCUT2D eigenvalue weighted by Crippen LogP contribution is -2.06. The van der Waals surface area contributed by atoms with Crippen LogP contribution in [0.3, 0.4) is 0 Å². The molecule has 0 spiro atoms. The monoisotopic (exact) mass is 370 g/mol. The second kappa shape index (κ2) is 7.47. The van der Waals surface area contributed by atoms with Crippen molar-refractivity contribution in [2.24, 2.45) is 0 Å². The van der Waals surface area contributed by atoms with Crippen LogP contribution in [0.4, 0.5) is 28.8 Å². The molecule has 0 unspecified atom stereocenters. The third-order valence-electron chi connectivity index (χ3n) is 3.45. The molecule has 11 nitrogen and oxygen atoms in total. The summed E-state index contributed by atoms with van der Waals surface area (Å²) in [5.74, 6) is 0.269. The largest absolute Gasteiger partial charge is 0.465 e. The van der Waals surface area contributed by atoms with Crippen molar-refractivity contribution < 1.29 is 19.0 Å². The van der Waals surface area contributed by atoms with Crippen LogP contribution in [0.25, 0.3) is 0 Å². The number of benzene rings is 1. The molecule has 0 radical (unpaired) electrons. The molecule has 27 heavy (non-hydrogen) atoms. The van der Waals surface area contributed by atoms with Crippen LogP contribution in [0.1, 0.15) is 16.1 Å². The number of nitrogens with zero attached hydrogens (tertiary/aromatic N) is 4. The lowest BCUT2D eigenvalue weighted by Gasteiger charge is -2.09. The van der Waals surface area contributed by atoms with Crippen molar-refractivity contribution in [3.63, 3.8) is 0 Å². The first kappa shape index (κ1) is 17.8. The van der Waals surface area contributed by atoms with Gasteiger partial charge in [0.25, 0.3) is 0 Å². The van der Waals surface area contributed by atoms with Crippen LogP contribution >= 0.6 is 0 Å². The summed E-state index contributed by atoms with van der Waals surface area (Å²) >= 11 is 0. The van der Waals surface area contributed by atoms with Gasteiger partial charge in [-0.25, -0.2) is 14.8 Å². The second-order valence-corrected chi connectivity index (χ2v) is 5.32. The van der Waals surface area contributed by atoms with Crippen molar-refractivity contribution in [2.75, 3.05) is 17.7 Å². The molecular weight excluding hydrogens is 356 g/mol. The summed E-state index contributed by atoms with van der Waals surface area (Å²) in [6, 6.07) is 7.78. The third kappa shape index (κ3) is 3.98. The average molecular weight is 370 g/mol. The van der Waals surface area contributed by atoms with Crippen molar-refractivity contribution in [2.45, 2.75) is 6.92 Å². The molecule has 138 valence electrons. The number of nitrogens with one attached hydrogen (secondary N) is 2. The van der Waals surface area contributed by atoms with Crippen molar-refractivity contribution in [3.05, 3.63) is 58.1 Å². The minimum Gasteiger partial charge on any atom is -0.465 e. The molecule has 0 atom stereocenters. The molecule has 0 aliphatic rings. The van der Waals surface area contributed by atoms with Gasteiger partial charge in [-0.05, 0) is 31.2 Å². The number of hydrogen-bond acceptors (Lipinski definition) is 10. The van der Waals surface area contributed by atoms with Gasteiger partial charge in [-0.15, -0.1) is 0 Å². The van der Waals surface area contributed by atoms with Crippen molar-refractivity contribution in [1.82, 2.24) is 15.1 Å². The minimum absolute atomic E-state index is 0.0245. The summed E-state index contributed by atoms with van der Waals surface area (Å²) in [5, 5.41) is 20.9. The van der Waals surface area contributed by atoms with Crippen LogP contribution < -0.4 is 10.6 Å². The van der Waals surface area contributed by atoms with E-state index in [1.54, 1.807) is 25.1 Å². The van der Waals surface area contributed by atoms with E-state index in [2.05, 4.69) is 30.5 Å². The standard InChI is InChI=1S/C16H14N6O5/c1-9-7-12(21-27-9)20-15-13(22(24)25)14(17-8-18-15)19-11-5-3-10(4-6-11)16(23)26-2/h3-8H,1-2H3,(H2,17,18,19,20,21). The Morgan fingerprint density at radius 1 is 1.19 bits per heavy atom.